The summed E-state index contributed by atoms with van der Waals surface area (Å²) >= 11 is 0. The van der Waals surface area contributed by atoms with Crippen LogP contribution in [-0.4, -0.2) is 65.6 Å². The van der Waals surface area contributed by atoms with Crippen LogP contribution in [0.25, 0.3) is 0 Å². The number of nitrogens with zero attached hydrogens (tertiary/aromatic N) is 4. The van der Waals surface area contributed by atoms with Crippen molar-refractivity contribution in [3.05, 3.63) is 35.6 Å². The number of hydrogen-bond acceptors (Lipinski definition) is 8. The predicted molar refractivity (Wildman–Crippen MR) is 117 cm³/mol. The van der Waals surface area contributed by atoms with Gasteiger partial charge in [-0.2, -0.15) is 5.10 Å². The molecule has 176 valence electrons. The first kappa shape index (κ1) is 23.9. The molecule has 0 bridgehead atoms. The number of aliphatic hydroxyl groups is 1. The van der Waals surface area contributed by atoms with Crippen LogP contribution >= 0.6 is 0 Å². The maximum absolute atomic E-state index is 15.0. The Bertz CT molecular complexity index is 1040. The van der Waals surface area contributed by atoms with E-state index in [2.05, 4.69) is 22.3 Å². The Morgan fingerprint density at radius 2 is 2.09 bits per heavy atom. The van der Waals surface area contributed by atoms with E-state index in [-0.39, 0.29) is 30.8 Å². The average molecular weight is 470 g/mol. The molecule has 2 N–H and O–H groups in total. The summed E-state index contributed by atoms with van der Waals surface area (Å²) in [6.07, 6.45) is -1.71. The first-order valence-corrected chi connectivity index (χ1v) is 11.6. The van der Waals surface area contributed by atoms with Crippen LogP contribution in [0, 0.1) is 5.82 Å². The first-order valence-electron chi connectivity index (χ1n) is 10.1. The number of aliphatic hydroxyl groups excluding tert-OH is 1. The minimum absolute atomic E-state index is 0.0556. The summed E-state index contributed by atoms with van der Waals surface area (Å²) < 4.78 is 48.3. The van der Waals surface area contributed by atoms with Gasteiger partial charge in [0.25, 0.3) is 0 Å². The lowest BCUT2D eigenvalue weighted by atomic mass is 9.75. The molecule has 1 amide bonds. The zero-order chi connectivity index (χ0) is 23.9. The second-order valence-corrected chi connectivity index (χ2v) is 11.0. The Morgan fingerprint density at radius 1 is 1.44 bits per heavy atom. The van der Waals surface area contributed by atoms with Gasteiger partial charge in [0.1, 0.15) is 22.2 Å². The number of nitrogens with one attached hydrogen (secondary N) is 1. The normalized spacial score (nSPS) is 27.1. The van der Waals surface area contributed by atoms with Crippen LogP contribution in [0.5, 0.6) is 0 Å². The van der Waals surface area contributed by atoms with E-state index in [4.69, 9.17) is 4.74 Å². The van der Waals surface area contributed by atoms with Gasteiger partial charge in [0, 0.05) is 19.3 Å². The molecule has 3 rings (SSSR count). The van der Waals surface area contributed by atoms with Crippen LogP contribution in [0.2, 0.25) is 0 Å². The number of ether oxygens (including phenoxy) is 1. The number of carbonyl (C=O) groups is 1. The highest BCUT2D eigenvalue weighted by Gasteiger charge is 2.58. The van der Waals surface area contributed by atoms with E-state index in [1.54, 1.807) is 26.8 Å². The SMILES string of the molecule is C=NNN(C(=O)OC(C)(C)C)C1=NC2(c3ccccc3F)CCC(O)CC2S(=O)(=O)N1C. The van der Waals surface area contributed by atoms with Crippen LogP contribution in [0.15, 0.2) is 34.4 Å². The number of halogens is 1. The highest BCUT2D eigenvalue weighted by Crippen LogP contribution is 2.48. The number of hydrogen-bond donors (Lipinski definition) is 2. The Morgan fingerprint density at radius 3 is 2.69 bits per heavy atom. The summed E-state index contributed by atoms with van der Waals surface area (Å²) in [5.41, 5.74) is -0.0642. The third kappa shape index (κ3) is 4.16. The predicted octanol–water partition coefficient (Wildman–Crippen LogP) is 1.92. The molecule has 1 aromatic carbocycles. The minimum Gasteiger partial charge on any atom is -0.442 e. The van der Waals surface area contributed by atoms with Gasteiger partial charge < -0.3 is 9.84 Å². The lowest BCUT2D eigenvalue weighted by molar-refractivity contribution is 0.0275. The van der Waals surface area contributed by atoms with Crippen molar-refractivity contribution in [2.75, 3.05) is 7.05 Å². The third-order valence-corrected chi connectivity index (χ3v) is 7.72. The lowest BCUT2D eigenvalue weighted by Crippen LogP contribution is -2.63. The van der Waals surface area contributed by atoms with Crippen LogP contribution in [0.1, 0.15) is 45.6 Å². The van der Waals surface area contributed by atoms with E-state index in [9.17, 15) is 22.7 Å². The molecular formula is C20H28FN5O5S. The molecule has 0 radical (unpaired) electrons. The molecule has 1 fully saturated rings. The van der Waals surface area contributed by atoms with Gasteiger partial charge in [0.05, 0.1) is 6.10 Å². The number of aliphatic imine (C=N–C) groups is 1. The molecule has 0 aromatic heterocycles. The fourth-order valence-electron chi connectivity index (χ4n) is 4.07. The molecule has 0 spiro atoms. The number of rotatable bonds is 3. The molecule has 3 unspecified atom stereocenters. The van der Waals surface area contributed by atoms with Crippen molar-refractivity contribution in [1.82, 2.24) is 14.8 Å². The number of hydrazine groups is 1. The molecule has 0 saturated heterocycles. The fraction of sp³-hybridized carbons (Fsp3) is 0.550. The molecule has 1 heterocycles. The third-order valence-electron chi connectivity index (χ3n) is 5.49. The molecule has 10 nitrogen and oxygen atoms in total. The smallest absolute Gasteiger partial charge is 0.437 e. The first-order chi connectivity index (χ1) is 14.8. The van der Waals surface area contributed by atoms with Gasteiger partial charge in [-0.05, 0) is 46.1 Å². The van der Waals surface area contributed by atoms with Gasteiger partial charge in [-0.3, -0.25) is 0 Å². The zero-order valence-corrected chi connectivity index (χ0v) is 19.3. The van der Waals surface area contributed by atoms with Crippen molar-refractivity contribution < 1.29 is 27.4 Å². The summed E-state index contributed by atoms with van der Waals surface area (Å²) in [4.78, 5) is 17.5. The molecule has 1 aliphatic heterocycles. The Kier molecular flexibility index (Phi) is 6.22. The molecule has 1 aliphatic carbocycles. The summed E-state index contributed by atoms with van der Waals surface area (Å²) in [6, 6.07) is 5.78. The fourth-order valence-corrected chi connectivity index (χ4v) is 6.06. The highest BCUT2D eigenvalue weighted by atomic mass is 32.2. The maximum atomic E-state index is 15.0. The minimum atomic E-state index is -4.18. The van der Waals surface area contributed by atoms with Gasteiger partial charge >= 0.3 is 6.09 Å². The second-order valence-electron chi connectivity index (χ2n) is 8.82. The average Bonchev–Trinajstić information content (AvgIpc) is 2.69. The van der Waals surface area contributed by atoms with Gasteiger partial charge in [-0.25, -0.2) is 32.4 Å². The topological polar surface area (TPSA) is 124 Å². The zero-order valence-electron chi connectivity index (χ0n) is 18.4. The van der Waals surface area contributed by atoms with Crippen LogP contribution in [0.4, 0.5) is 9.18 Å². The molecule has 32 heavy (non-hydrogen) atoms. The number of hydrazone groups is 1. The van der Waals surface area contributed by atoms with E-state index in [0.29, 0.717) is 0 Å². The van der Waals surface area contributed by atoms with Crippen LogP contribution < -0.4 is 5.53 Å². The number of benzene rings is 1. The molecular weight excluding hydrogens is 441 g/mol. The van der Waals surface area contributed by atoms with Crippen molar-refractivity contribution >= 4 is 28.8 Å². The number of amides is 1. The van der Waals surface area contributed by atoms with Crippen molar-refractivity contribution in [2.24, 2.45) is 10.1 Å². The van der Waals surface area contributed by atoms with E-state index < -0.39 is 44.4 Å². The summed E-state index contributed by atoms with van der Waals surface area (Å²) in [6.45, 7) is 8.23. The van der Waals surface area contributed by atoms with Crippen LogP contribution in [-0.2, 0) is 20.3 Å². The maximum Gasteiger partial charge on any atom is 0.437 e. The van der Waals surface area contributed by atoms with Gasteiger partial charge in [-0.15, -0.1) is 5.01 Å². The molecule has 12 heteroatoms. The Balaban J connectivity index is 2.25. The molecule has 3 atom stereocenters. The van der Waals surface area contributed by atoms with E-state index in [0.717, 1.165) is 9.31 Å². The summed E-state index contributed by atoms with van der Waals surface area (Å²) in [7, 11) is -2.96. The largest absolute Gasteiger partial charge is 0.442 e. The Hall–Kier alpha value is -2.73. The second kappa shape index (κ2) is 8.32. The lowest BCUT2D eigenvalue weighted by Gasteiger charge is -2.48. The van der Waals surface area contributed by atoms with Gasteiger partial charge in [0.15, 0.2) is 0 Å². The van der Waals surface area contributed by atoms with Crippen LogP contribution in [0.3, 0.4) is 0 Å². The van der Waals surface area contributed by atoms with Crippen molar-refractivity contribution in [3.63, 3.8) is 0 Å². The molecule has 1 aromatic rings. The number of fused-ring (bicyclic) bond motifs is 1. The highest BCUT2D eigenvalue weighted by molar-refractivity contribution is 7.90. The Labute approximate surface area is 186 Å². The van der Waals surface area contributed by atoms with Gasteiger partial charge in [-0.1, -0.05) is 18.2 Å². The molecule has 1 saturated carbocycles. The summed E-state index contributed by atoms with van der Waals surface area (Å²) in [5, 5.41) is 13.2. The van der Waals surface area contributed by atoms with Crippen molar-refractivity contribution in [3.8, 4) is 0 Å². The molecule has 2 aliphatic rings. The number of carbonyl (C=O) groups excluding carboxylic acids is 1. The van der Waals surface area contributed by atoms with Gasteiger partial charge in [0.2, 0.25) is 16.0 Å². The van der Waals surface area contributed by atoms with E-state index >= 15 is 0 Å². The van der Waals surface area contributed by atoms with Crippen molar-refractivity contribution in [1.29, 1.82) is 0 Å². The number of guanidine groups is 1. The van der Waals surface area contributed by atoms with Crippen molar-refractivity contribution in [2.45, 2.75) is 62.5 Å². The summed E-state index contributed by atoms with van der Waals surface area (Å²) in [5.74, 6) is -0.974. The standard InChI is InChI=1S/C20H28FN5O5S/c1-19(2,3)31-18(28)26(24-22-4)17-23-20(14-8-6-7-9-15(14)21)11-10-13(27)12-16(20)32(29,30)25(17)5/h6-9,13,16,24,27H,4,10-12H2,1-3,5H3. The monoisotopic (exact) mass is 469 g/mol. The van der Waals surface area contributed by atoms with E-state index in [1.807, 2.05) is 0 Å². The van der Waals surface area contributed by atoms with E-state index in [1.165, 1.54) is 25.2 Å². The quantitative estimate of drug-likeness (QED) is 0.515. The number of sulfonamides is 1.